The average Bonchev–Trinajstić information content (AvgIpc) is 2.99. The van der Waals surface area contributed by atoms with Gasteiger partial charge in [-0.25, -0.2) is 0 Å². The maximum atomic E-state index is 12.5. The minimum Gasteiger partial charge on any atom is -0.481 e. The first-order valence-electron chi connectivity index (χ1n) is 6.85. The van der Waals surface area contributed by atoms with E-state index in [1.165, 1.54) is 6.42 Å². The summed E-state index contributed by atoms with van der Waals surface area (Å²) in [7, 11) is 0. The van der Waals surface area contributed by atoms with E-state index in [1.807, 2.05) is 4.90 Å². The van der Waals surface area contributed by atoms with Crippen molar-refractivity contribution in [3.8, 4) is 0 Å². The van der Waals surface area contributed by atoms with Gasteiger partial charge in [0.15, 0.2) is 0 Å². The van der Waals surface area contributed by atoms with E-state index in [4.69, 9.17) is 4.74 Å². The van der Waals surface area contributed by atoms with Crippen molar-refractivity contribution >= 4 is 11.9 Å². The summed E-state index contributed by atoms with van der Waals surface area (Å²) < 4.78 is 5.64. The molecule has 3 aliphatic rings. The van der Waals surface area contributed by atoms with Crippen LogP contribution in [0.15, 0.2) is 0 Å². The number of carboxylic acids is 1. The normalized spacial score (nSPS) is 39.0. The zero-order valence-electron chi connectivity index (χ0n) is 10.4. The summed E-state index contributed by atoms with van der Waals surface area (Å²) >= 11 is 0. The summed E-state index contributed by atoms with van der Waals surface area (Å²) in [6.07, 6.45) is 4.44. The summed E-state index contributed by atoms with van der Waals surface area (Å²) in [6.45, 7) is 1.55. The number of hydrogen-bond acceptors (Lipinski definition) is 3. The van der Waals surface area contributed by atoms with Crippen LogP contribution in [-0.4, -0.2) is 47.2 Å². The van der Waals surface area contributed by atoms with Crippen LogP contribution in [0.3, 0.4) is 0 Å². The summed E-state index contributed by atoms with van der Waals surface area (Å²) in [5.41, 5.74) is 0. The van der Waals surface area contributed by atoms with Gasteiger partial charge in [0.2, 0.25) is 5.91 Å². The molecule has 3 aliphatic heterocycles. The molecule has 5 heteroatoms. The number of piperidine rings is 1. The molecule has 0 aromatic heterocycles. The van der Waals surface area contributed by atoms with Crippen LogP contribution >= 0.6 is 0 Å². The number of rotatable bonds is 2. The molecule has 3 heterocycles. The van der Waals surface area contributed by atoms with Gasteiger partial charge >= 0.3 is 5.97 Å². The van der Waals surface area contributed by atoms with Gasteiger partial charge < -0.3 is 14.7 Å². The lowest BCUT2D eigenvalue weighted by atomic mass is 9.78. The number of hydrogen-bond donors (Lipinski definition) is 1. The van der Waals surface area contributed by atoms with Crippen molar-refractivity contribution in [1.29, 1.82) is 0 Å². The molecule has 4 atom stereocenters. The number of carbonyl (C=O) groups excluding carboxylic acids is 1. The highest BCUT2D eigenvalue weighted by atomic mass is 16.5. The molecule has 0 radical (unpaired) electrons. The van der Waals surface area contributed by atoms with Gasteiger partial charge in [0.05, 0.1) is 24.0 Å². The molecule has 3 rings (SSSR count). The predicted molar refractivity (Wildman–Crippen MR) is 62.9 cm³/mol. The van der Waals surface area contributed by atoms with Crippen LogP contribution in [0.25, 0.3) is 0 Å². The Morgan fingerprint density at radius 3 is 2.22 bits per heavy atom. The molecule has 0 spiro atoms. The highest BCUT2D eigenvalue weighted by Gasteiger charge is 2.56. The van der Waals surface area contributed by atoms with E-state index in [9.17, 15) is 14.7 Å². The Morgan fingerprint density at radius 1 is 1.00 bits per heavy atom. The maximum absolute atomic E-state index is 12.5. The second kappa shape index (κ2) is 4.53. The maximum Gasteiger partial charge on any atom is 0.310 e. The van der Waals surface area contributed by atoms with Crippen molar-refractivity contribution < 1.29 is 19.4 Å². The van der Waals surface area contributed by atoms with Gasteiger partial charge in [-0.15, -0.1) is 0 Å². The molecule has 0 aromatic carbocycles. The molecular weight excluding hydrogens is 234 g/mol. The van der Waals surface area contributed by atoms with Gasteiger partial charge in [0.25, 0.3) is 0 Å². The topological polar surface area (TPSA) is 66.8 Å². The smallest absolute Gasteiger partial charge is 0.310 e. The standard InChI is InChI=1S/C13H19NO4/c15-12(14-6-2-1-3-7-14)10-8-4-5-9(18-8)11(10)13(16)17/h8-11H,1-7H2,(H,16,17)/t8-,9+,10?,11?/m1/s1. The van der Waals surface area contributed by atoms with Crippen molar-refractivity contribution in [3.63, 3.8) is 0 Å². The van der Waals surface area contributed by atoms with Crippen molar-refractivity contribution in [2.45, 2.75) is 44.3 Å². The molecule has 2 bridgehead atoms. The number of aliphatic carboxylic acids is 1. The van der Waals surface area contributed by atoms with Crippen LogP contribution in [0, 0.1) is 11.8 Å². The molecule has 100 valence electrons. The van der Waals surface area contributed by atoms with Gasteiger partial charge in [-0.2, -0.15) is 0 Å². The van der Waals surface area contributed by atoms with Gasteiger partial charge in [-0.3, -0.25) is 9.59 Å². The van der Waals surface area contributed by atoms with Crippen LogP contribution < -0.4 is 0 Å². The van der Waals surface area contributed by atoms with E-state index in [-0.39, 0.29) is 18.1 Å². The van der Waals surface area contributed by atoms with Crippen LogP contribution in [0.1, 0.15) is 32.1 Å². The average molecular weight is 253 g/mol. The molecule has 2 unspecified atom stereocenters. The van der Waals surface area contributed by atoms with Gasteiger partial charge in [-0.1, -0.05) is 0 Å². The van der Waals surface area contributed by atoms with E-state index < -0.39 is 17.8 Å². The third-order valence-electron chi connectivity index (χ3n) is 4.51. The molecule has 18 heavy (non-hydrogen) atoms. The number of amides is 1. The zero-order valence-corrected chi connectivity index (χ0v) is 10.4. The lowest BCUT2D eigenvalue weighted by Gasteiger charge is -2.33. The van der Waals surface area contributed by atoms with Gasteiger partial charge in [0, 0.05) is 13.1 Å². The quantitative estimate of drug-likeness (QED) is 0.793. The van der Waals surface area contributed by atoms with Crippen LogP contribution in [0.4, 0.5) is 0 Å². The Kier molecular flexibility index (Phi) is 3.01. The summed E-state index contributed by atoms with van der Waals surface area (Å²) in [5.74, 6) is -1.94. The zero-order chi connectivity index (χ0) is 12.7. The second-order valence-electron chi connectivity index (χ2n) is 5.57. The van der Waals surface area contributed by atoms with Crippen molar-refractivity contribution in [1.82, 2.24) is 4.90 Å². The molecule has 0 aromatic rings. The fourth-order valence-electron chi connectivity index (χ4n) is 3.63. The first-order chi connectivity index (χ1) is 8.68. The second-order valence-corrected chi connectivity index (χ2v) is 5.57. The Morgan fingerprint density at radius 2 is 1.61 bits per heavy atom. The fourth-order valence-corrected chi connectivity index (χ4v) is 3.63. The summed E-state index contributed by atoms with van der Waals surface area (Å²) in [4.78, 5) is 25.7. The molecule has 3 saturated heterocycles. The summed E-state index contributed by atoms with van der Waals surface area (Å²) in [6, 6.07) is 0. The molecule has 0 saturated carbocycles. The number of ether oxygens (including phenoxy) is 1. The molecule has 5 nitrogen and oxygen atoms in total. The SMILES string of the molecule is O=C(O)C1C(C(=O)N2CCCCC2)[C@H]2CC[C@@H]1O2. The minimum atomic E-state index is -0.877. The highest BCUT2D eigenvalue weighted by molar-refractivity contribution is 5.86. The highest BCUT2D eigenvalue weighted by Crippen LogP contribution is 2.44. The molecule has 1 amide bonds. The number of carbonyl (C=O) groups is 2. The third kappa shape index (κ3) is 1.81. The van der Waals surface area contributed by atoms with Gasteiger partial charge in [-0.05, 0) is 32.1 Å². The fraction of sp³-hybridized carbons (Fsp3) is 0.846. The van der Waals surface area contributed by atoms with Crippen molar-refractivity contribution in [2.75, 3.05) is 13.1 Å². The van der Waals surface area contributed by atoms with Crippen LogP contribution in [-0.2, 0) is 14.3 Å². The molecule has 1 N–H and O–H groups in total. The van der Waals surface area contributed by atoms with E-state index in [1.54, 1.807) is 0 Å². The summed E-state index contributed by atoms with van der Waals surface area (Å²) in [5, 5.41) is 9.30. The number of likely N-dealkylation sites (tertiary alicyclic amines) is 1. The Bertz CT molecular complexity index is 364. The van der Waals surface area contributed by atoms with E-state index in [2.05, 4.69) is 0 Å². The van der Waals surface area contributed by atoms with Crippen LogP contribution in [0.5, 0.6) is 0 Å². The van der Waals surface area contributed by atoms with Gasteiger partial charge in [0.1, 0.15) is 0 Å². The van der Waals surface area contributed by atoms with Crippen molar-refractivity contribution in [3.05, 3.63) is 0 Å². The van der Waals surface area contributed by atoms with E-state index in [0.717, 1.165) is 38.8 Å². The lowest BCUT2D eigenvalue weighted by Crippen LogP contribution is -2.47. The minimum absolute atomic E-state index is 0.00861. The first-order valence-corrected chi connectivity index (χ1v) is 6.85. The monoisotopic (exact) mass is 253 g/mol. The van der Waals surface area contributed by atoms with Crippen LogP contribution in [0.2, 0.25) is 0 Å². The number of fused-ring (bicyclic) bond motifs is 2. The Balaban J connectivity index is 1.77. The third-order valence-corrected chi connectivity index (χ3v) is 4.51. The first kappa shape index (κ1) is 12.0. The van der Waals surface area contributed by atoms with E-state index in [0.29, 0.717) is 0 Å². The van der Waals surface area contributed by atoms with E-state index >= 15 is 0 Å². The molecule has 3 fully saturated rings. The number of nitrogens with zero attached hydrogens (tertiary/aromatic N) is 1. The Labute approximate surface area is 106 Å². The molecular formula is C13H19NO4. The Hall–Kier alpha value is -1.10. The molecule has 0 aliphatic carbocycles. The van der Waals surface area contributed by atoms with Crippen molar-refractivity contribution in [2.24, 2.45) is 11.8 Å². The predicted octanol–water partition coefficient (Wildman–Crippen LogP) is 0.877. The lowest BCUT2D eigenvalue weighted by molar-refractivity contribution is -0.151. The number of carboxylic acid groups (broad SMARTS) is 1. The largest absolute Gasteiger partial charge is 0.481 e.